The molecule has 1 unspecified atom stereocenters. The Labute approximate surface area is 149 Å². The standard InChI is InChI=1S/C20H26N4O/c1-4-16-7-5-6-12-24(16)19-11-10-18(22-23-19)20(25)21-17-9-8-14(2)13-15(17)3/h8-11,13,16H,4-7,12H2,1-3H3,(H,21,25). The van der Waals surface area contributed by atoms with Crippen LogP contribution in [0.3, 0.4) is 0 Å². The van der Waals surface area contributed by atoms with Crippen molar-refractivity contribution in [2.75, 3.05) is 16.8 Å². The molecule has 1 aliphatic rings. The monoisotopic (exact) mass is 338 g/mol. The van der Waals surface area contributed by atoms with Gasteiger partial charge in [0.25, 0.3) is 5.91 Å². The fourth-order valence-corrected chi connectivity index (χ4v) is 3.47. The summed E-state index contributed by atoms with van der Waals surface area (Å²) in [6.45, 7) is 7.25. The minimum atomic E-state index is -0.225. The quantitative estimate of drug-likeness (QED) is 0.911. The van der Waals surface area contributed by atoms with Crippen LogP contribution < -0.4 is 10.2 Å². The number of carbonyl (C=O) groups is 1. The van der Waals surface area contributed by atoms with Gasteiger partial charge in [-0.2, -0.15) is 0 Å². The highest BCUT2D eigenvalue weighted by molar-refractivity contribution is 6.03. The first-order chi connectivity index (χ1) is 12.1. The highest BCUT2D eigenvalue weighted by atomic mass is 16.1. The minimum Gasteiger partial charge on any atom is -0.352 e. The van der Waals surface area contributed by atoms with Gasteiger partial charge in [0.2, 0.25) is 0 Å². The molecule has 1 N–H and O–H groups in total. The van der Waals surface area contributed by atoms with E-state index in [-0.39, 0.29) is 5.91 Å². The van der Waals surface area contributed by atoms with E-state index >= 15 is 0 Å². The predicted molar refractivity (Wildman–Crippen MR) is 101 cm³/mol. The molecule has 1 amide bonds. The van der Waals surface area contributed by atoms with Crippen LogP contribution in [0.2, 0.25) is 0 Å². The second-order valence-corrected chi connectivity index (χ2v) is 6.80. The molecular formula is C20H26N4O. The number of piperidine rings is 1. The van der Waals surface area contributed by atoms with E-state index in [4.69, 9.17) is 0 Å². The lowest BCUT2D eigenvalue weighted by Crippen LogP contribution is -2.39. The van der Waals surface area contributed by atoms with Crippen molar-refractivity contribution in [1.29, 1.82) is 0 Å². The molecule has 0 radical (unpaired) electrons. The van der Waals surface area contributed by atoms with E-state index in [0.717, 1.165) is 30.0 Å². The highest BCUT2D eigenvalue weighted by Crippen LogP contribution is 2.24. The van der Waals surface area contributed by atoms with Crippen molar-refractivity contribution in [3.8, 4) is 0 Å². The van der Waals surface area contributed by atoms with Crippen molar-refractivity contribution in [3.05, 3.63) is 47.2 Å². The number of anilines is 2. The largest absolute Gasteiger partial charge is 0.352 e. The third kappa shape index (κ3) is 3.98. The lowest BCUT2D eigenvalue weighted by molar-refractivity contribution is 0.102. The topological polar surface area (TPSA) is 58.1 Å². The normalized spacial score (nSPS) is 17.4. The molecule has 1 aliphatic heterocycles. The first kappa shape index (κ1) is 17.4. The van der Waals surface area contributed by atoms with Crippen molar-refractivity contribution < 1.29 is 4.79 Å². The molecule has 132 valence electrons. The number of carbonyl (C=O) groups excluding carboxylic acids is 1. The molecule has 0 spiro atoms. The van der Waals surface area contributed by atoms with Gasteiger partial charge in [0.05, 0.1) is 0 Å². The summed E-state index contributed by atoms with van der Waals surface area (Å²) in [7, 11) is 0. The van der Waals surface area contributed by atoms with Gasteiger partial charge in [-0.05, 0) is 63.3 Å². The van der Waals surface area contributed by atoms with Crippen LogP contribution in [0.5, 0.6) is 0 Å². The van der Waals surface area contributed by atoms with Crippen LogP contribution in [0.15, 0.2) is 30.3 Å². The Morgan fingerprint density at radius 3 is 2.72 bits per heavy atom. The Kier molecular flexibility index (Phi) is 5.31. The van der Waals surface area contributed by atoms with Crippen LogP contribution in [0.1, 0.15) is 54.2 Å². The number of nitrogens with zero attached hydrogens (tertiary/aromatic N) is 3. The maximum absolute atomic E-state index is 12.4. The van der Waals surface area contributed by atoms with Crippen molar-refractivity contribution in [2.24, 2.45) is 0 Å². The van der Waals surface area contributed by atoms with Crippen LogP contribution in [0, 0.1) is 13.8 Å². The molecule has 0 bridgehead atoms. The van der Waals surface area contributed by atoms with Crippen LogP contribution >= 0.6 is 0 Å². The van der Waals surface area contributed by atoms with E-state index in [1.54, 1.807) is 6.07 Å². The van der Waals surface area contributed by atoms with E-state index in [1.165, 1.54) is 24.8 Å². The first-order valence-electron chi connectivity index (χ1n) is 9.07. The number of hydrogen-bond donors (Lipinski definition) is 1. The van der Waals surface area contributed by atoms with Crippen LogP contribution in [0.4, 0.5) is 11.5 Å². The number of hydrogen-bond acceptors (Lipinski definition) is 4. The Hall–Kier alpha value is -2.43. The zero-order valence-electron chi connectivity index (χ0n) is 15.2. The maximum Gasteiger partial charge on any atom is 0.276 e. The fraction of sp³-hybridized carbons (Fsp3) is 0.450. The van der Waals surface area contributed by atoms with Crippen molar-refractivity contribution in [3.63, 3.8) is 0 Å². The van der Waals surface area contributed by atoms with Crippen molar-refractivity contribution >= 4 is 17.4 Å². The van der Waals surface area contributed by atoms with Crippen LogP contribution in [0.25, 0.3) is 0 Å². The van der Waals surface area contributed by atoms with Gasteiger partial charge in [-0.25, -0.2) is 0 Å². The van der Waals surface area contributed by atoms with Crippen molar-refractivity contribution in [1.82, 2.24) is 10.2 Å². The number of aromatic nitrogens is 2. The summed E-state index contributed by atoms with van der Waals surface area (Å²) < 4.78 is 0. The average Bonchev–Trinajstić information content (AvgIpc) is 2.64. The van der Waals surface area contributed by atoms with Gasteiger partial charge in [-0.3, -0.25) is 4.79 Å². The molecular weight excluding hydrogens is 312 g/mol. The molecule has 0 saturated carbocycles. The second kappa shape index (κ2) is 7.64. The summed E-state index contributed by atoms with van der Waals surface area (Å²) in [5.74, 6) is 0.645. The number of amides is 1. The van der Waals surface area contributed by atoms with Gasteiger partial charge in [0.1, 0.15) is 0 Å². The van der Waals surface area contributed by atoms with Gasteiger partial charge in [0, 0.05) is 18.3 Å². The van der Waals surface area contributed by atoms with E-state index in [2.05, 4.69) is 27.3 Å². The second-order valence-electron chi connectivity index (χ2n) is 6.80. The van der Waals surface area contributed by atoms with Crippen LogP contribution in [-0.2, 0) is 0 Å². The van der Waals surface area contributed by atoms with Gasteiger partial charge >= 0.3 is 0 Å². The van der Waals surface area contributed by atoms with Crippen molar-refractivity contribution in [2.45, 2.75) is 52.5 Å². The summed E-state index contributed by atoms with van der Waals surface area (Å²) in [6.07, 6.45) is 4.77. The van der Waals surface area contributed by atoms with Crippen LogP contribution in [-0.4, -0.2) is 28.7 Å². The highest BCUT2D eigenvalue weighted by Gasteiger charge is 2.22. The molecule has 0 aliphatic carbocycles. The first-order valence-corrected chi connectivity index (χ1v) is 9.07. The minimum absolute atomic E-state index is 0.225. The summed E-state index contributed by atoms with van der Waals surface area (Å²) in [5, 5.41) is 11.4. The molecule has 5 nitrogen and oxygen atoms in total. The average molecular weight is 338 g/mol. The molecule has 1 saturated heterocycles. The third-order valence-corrected chi connectivity index (χ3v) is 4.91. The van der Waals surface area contributed by atoms with Gasteiger partial charge in [0.15, 0.2) is 11.5 Å². The summed E-state index contributed by atoms with van der Waals surface area (Å²) in [4.78, 5) is 14.8. The zero-order valence-corrected chi connectivity index (χ0v) is 15.2. The molecule has 5 heteroatoms. The molecule has 1 aromatic heterocycles. The molecule has 2 heterocycles. The zero-order chi connectivity index (χ0) is 17.8. The molecule has 1 fully saturated rings. The predicted octanol–water partition coefficient (Wildman–Crippen LogP) is 4.11. The maximum atomic E-state index is 12.4. The molecule has 25 heavy (non-hydrogen) atoms. The van der Waals surface area contributed by atoms with E-state index in [1.807, 2.05) is 38.1 Å². The number of rotatable bonds is 4. The van der Waals surface area contributed by atoms with Gasteiger partial charge in [-0.15, -0.1) is 10.2 Å². The molecule has 1 aromatic carbocycles. The summed E-state index contributed by atoms with van der Waals surface area (Å²) in [5.41, 5.74) is 3.36. The summed E-state index contributed by atoms with van der Waals surface area (Å²) >= 11 is 0. The Balaban J connectivity index is 1.72. The SMILES string of the molecule is CCC1CCCCN1c1ccc(C(=O)Nc2ccc(C)cc2C)nn1. The number of nitrogens with one attached hydrogen (secondary N) is 1. The van der Waals surface area contributed by atoms with E-state index in [0.29, 0.717) is 11.7 Å². The van der Waals surface area contributed by atoms with E-state index < -0.39 is 0 Å². The van der Waals surface area contributed by atoms with Gasteiger partial charge in [-0.1, -0.05) is 24.6 Å². The van der Waals surface area contributed by atoms with Gasteiger partial charge < -0.3 is 10.2 Å². The smallest absolute Gasteiger partial charge is 0.276 e. The lowest BCUT2D eigenvalue weighted by atomic mass is 10.0. The van der Waals surface area contributed by atoms with E-state index in [9.17, 15) is 4.79 Å². The number of aryl methyl sites for hydroxylation is 2. The Bertz CT molecular complexity index is 742. The Morgan fingerprint density at radius 2 is 2.04 bits per heavy atom. The molecule has 3 rings (SSSR count). The molecule has 2 aromatic rings. The number of benzene rings is 1. The summed E-state index contributed by atoms with van der Waals surface area (Å²) in [6, 6.07) is 10.2. The lowest BCUT2D eigenvalue weighted by Gasteiger charge is -2.35. The third-order valence-electron chi connectivity index (χ3n) is 4.91. The fourth-order valence-electron chi connectivity index (χ4n) is 3.47. The molecule has 1 atom stereocenters. The Morgan fingerprint density at radius 1 is 1.20 bits per heavy atom.